The van der Waals surface area contributed by atoms with Crippen molar-refractivity contribution in [2.24, 2.45) is 5.92 Å². The topological polar surface area (TPSA) is 66.8 Å². The molecule has 23 heavy (non-hydrogen) atoms. The number of fused-ring (bicyclic) bond motifs is 5. The molecule has 1 saturated carbocycles. The maximum Gasteiger partial charge on any atom is 0.315 e. The van der Waals surface area contributed by atoms with E-state index in [1.807, 2.05) is 24.3 Å². The number of carbonyl (C=O) groups is 2. The first-order valence-electron chi connectivity index (χ1n) is 8.29. The number of methoxy groups -OCH3 is 1. The number of esters is 1. The van der Waals surface area contributed by atoms with E-state index in [4.69, 9.17) is 4.74 Å². The zero-order valence-corrected chi connectivity index (χ0v) is 13.2. The Morgan fingerprint density at radius 2 is 2.13 bits per heavy atom. The van der Waals surface area contributed by atoms with E-state index in [9.17, 15) is 14.7 Å². The number of carbonyl (C=O) groups excluding carboxylic acids is 2. The number of piperidine rings is 1. The normalized spacial score (nSPS) is 35.3. The van der Waals surface area contributed by atoms with Crippen molar-refractivity contribution in [2.75, 3.05) is 12.0 Å². The summed E-state index contributed by atoms with van der Waals surface area (Å²) < 4.78 is 5.01. The third-order valence-corrected chi connectivity index (χ3v) is 5.87. The Morgan fingerprint density at radius 1 is 1.35 bits per heavy atom. The number of amides is 1. The van der Waals surface area contributed by atoms with E-state index in [1.54, 1.807) is 4.90 Å². The van der Waals surface area contributed by atoms with E-state index in [2.05, 4.69) is 0 Å². The van der Waals surface area contributed by atoms with Gasteiger partial charge in [0.05, 0.1) is 18.8 Å². The van der Waals surface area contributed by atoms with Gasteiger partial charge in [0.15, 0.2) is 0 Å². The smallest absolute Gasteiger partial charge is 0.315 e. The molecular weight excluding hydrogens is 294 g/mol. The van der Waals surface area contributed by atoms with Gasteiger partial charge in [-0.2, -0.15) is 0 Å². The lowest BCUT2D eigenvalue weighted by molar-refractivity contribution is -0.152. The Kier molecular flexibility index (Phi) is 3.23. The van der Waals surface area contributed by atoms with Crippen LogP contribution < -0.4 is 4.90 Å². The third-order valence-electron chi connectivity index (χ3n) is 5.87. The highest BCUT2D eigenvalue weighted by Crippen LogP contribution is 2.54. The summed E-state index contributed by atoms with van der Waals surface area (Å²) in [6.45, 7) is 0. The molecule has 2 fully saturated rings. The van der Waals surface area contributed by atoms with Crippen molar-refractivity contribution >= 4 is 17.6 Å². The Hall–Kier alpha value is -1.88. The monoisotopic (exact) mass is 315 g/mol. The minimum absolute atomic E-state index is 0.00503. The number of hydrogen-bond acceptors (Lipinski definition) is 4. The molecule has 1 aliphatic carbocycles. The highest BCUT2D eigenvalue weighted by atomic mass is 16.5. The molecular formula is C18H21NO4. The zero-order valence-electron chi connectivity index (χ0n) is 13.2. The molecule has 0 aromatic heterocycles. The van der Waals surface area contributed by atoms with Gasteiger partial charge in [0, 0.05) is 12.1 Å². The van der Waals surface area contributed by atoms with Crippen LogP contribution in [0.1, 0.15) is 43.6 Å². The van der Waals surface area contributed by atoms with Crippen molar-refractivity contribution in [3.8, 4) is 0 Å². The van der Waals surface area contributed by atoms with Gasteiger partial charge in [-0.25, -0.2) is 0 Å². The molecule has 0 radical (unpaired) electrons. The average Bonchev–Trinajstić information content (AvgIpc) is 2.92. The van der Waals surface area contributed by atoms with Gasteiger partial charge in [0.2, 0.25) is 5.91 Å². The van der Waals surface area contributed by atoms with Gasteiger partial charge in [-0.1, -0.05) is 31.0 Å². The fraction of sp³-hybridized carbons (Fsp3) is 0.556. The number of nitrogens with zero attached hydrogens (tertiary/aromatic N) is 1. The van der Waals surface area contributed by atoms with Crippen LogP contribution in [0.4, 0.5) is 5.69 Å². The molecule has 5 nitrogen and oxygen atoms in total. The predicted octanol–water partition coefficient (Wildman–Crippen LogP) is 1.98. The fourth-order valence-electron chi connectivity index (χ4n) is 4.85. The third kappa shape index (κ3) is 1.89. The number of rotatable bonds is 1. The van der Waals surface area contributed by atoms with E-state index in [0.717, 1.165) is 30.5 Å². The summed E-state index contributed by atoms with van der Waals surface area (Å²) in [5.41, 5.74) is 0.525. The van der Waals surface area contributed by atoms with Gasteiger partial charge in [-0.3, -0.25) is 9.59 Å². The molecule has 1 amide bonds. The van der Waals surface area contributed by atoms with Crippen molar-refractivity contribution in [3.63, 3.8) is 0 Å². The van der Waals surface area contributed by atoms with Crippen LogP contribution in [0.25, 0.3) is 0 Å². The average molecular weight is 315 g/mol. The summed E-state index contributed by atoms with van der Waals surface area (Å²) in [6.07, 6.45) is 3.79. The van der Waals surface area contributed by atoms with Crippen LogP contribution in [0.15, 0.2) is 24.3 Å². The standard InChI is InChI=1S/C18H21NO4/c1-23-17(21)15-12-7-2-3-8-13(12)19-14(20)10-11-6-4-5-9-18(11,22)16(15)19/h2-3,7-8,11,15-16,22H,4-6,9-10H2,1H3/t11-,15-,16-,18+/m1/s1. The van der Waals surface area contributed by atoms with Gasteiger partial charge in [-0.05, 0) is 30.4 Å². The summed E-state index contributed by atoms with van der Waals surface area (Å²) in [4.78, 5) is 26.9. The Bertz CT molecular complexity index is 673. The molecule has 0 bridgehead atoms. The molecule has 1 aromatic carbocycles. The molecule has 122 valence electrons. The largest absolute Gasteiger partial charge is 0.468 e. The second-order valence-corrected chi connectivity index (χ2v) is 6.91. The number of anilines is 1. The van der Waals surface area contributed by atoms with Crippen molar-refractivity contribution in [3.05, 3.63) is 29.8 Å². The van der Waals surface area contributed by atoms with Gasteiger partial charge in [0.25, 0.3) is 0 Å². The van der Waals surface area contributed by atoms with Crippen molar-refractivity contribution < 1.29 is 19.4 Å². The first-order valence-corrected chi connectivity index (χ1v) is 8.29. The molecule has 3 aliphatic rings. The van der Waals surface area contributed by atoms with E-state index < -0.39 is 17.6 Å². The summed E-state index contributed by atoms with van der Waals surface area (Å²) in [5, 5.41) is 11.5. The minimum atomic E-state index is -1.01. The van der Waals surface area contributed by atoms with E-state index in [1.165, 1.54) is 7.11 Å². The Balaban J connectivity index is 1.89. The van der Waals surface area contributed by atoms with Crippen molar-refractivity contribution in [1.29, 1.82) is 0 Å². The molecule has 5 heteroatoms. The van der Waals surface area contributed by atoms with Crippen LogP contribution in [0.3, 0.4) is 0 Å². The molecule has 1 saturated heterocycles. The molecule has 4 atom stereocenters. The Labute approximate surface area is 135 Å². The van der Waals surface area contributed by atoms with Crippen LogP contribution in [0.2, 0.25) is 0 Å². The van der Waals surface area contributed by atoms with Gasteiger partial charge in [-0.15, -0.1) is 0 Å². The van der Waals surface area contributed by atoms with Crippen molar-refractivity contribution in [1.82, 2.24) is 0 Å². The van der Waals surface area contributed by atoms with E-state index in [0.29, 0.717) is 12.8 Å². The maximum atomic E-state index is 12.8. The van der Waals surface area contributed by atoms with Crippen LogP contribution in [0.5, 0.6) is 0 Å². The summed E-state index contributed by atoms with van der Waals surface area (Å²) in [7, 11) is 1.36. The molecule has 4 rings (SSSR count). The Morgan fingerprint density at radius 3 is 2.91 bits per heavy atom. The second-order valence-electron chi connectivity index (χ2n) is 6.91. The van der Waals surface area contributed by atoms with E-state index >= 15 is 0 Å². The fourth-order valence-corrected chi connectivity index (χ4v) is 4.85. The van der Waals surface area contributed by atoms with Gasteiger partial charge < -0.3 is 14.7 Å². The number of para-hydroxylation sites is 1. The first-order chi connectivity index (χ1) is 11.1. The second kappa shape index (κ2) is 5.06. The SMILES string of the molecule is COC(=O)[C@@H]1c2ccccc2N2C(=O)C[C@H]3CCCC[C@@]3(O)[C@@H]12. The zero-order chi connectivity index (χ0) is 16.2. The lowest BCUT2D eigenvalue weighted by Gasteiger charge is -2.51. The quantitative estimate of drug-likeness (QED) is 0.805. The molecule has 2 aliphatic heterocycles. The summed E-state index contributed by atoms with van der Waals surface area (Å²) in [5.74, 6) is -1.04. The van der Waals surface area contributed by atoms with E-state index in [-0.39, 0.29) is 17.8 Å². The lowest BCUT2D eigenvalue weighted by atomic mass is 9.64. The van der Waals surface area contributed by atoms with Crippen LogP contribution in [-0.4, -0.2) is 35.7 Å². The minimum Gasteiger partial charge on any atom is -0.468 e. The number of aliphatic hydroxyl groups is 1. The van der Waals surface area contributed by atoms with Gasteiger partial charge >= 0.3 is 5.97 Å². The predicted molar refractivity (Wildman–Crippen MR) is 84.0 cm³/mol. The molecule has 2 heterocycles. The maximum absolute atomic E-state index is 12.8. The first kappa shape index (κ1) is 14.7. The number of benzene rings is 1. The van der Waals surface area contributed by atoms with Crippen LogP contribution in [-0.2, 0) is 14.3 Å². The van der Waals surface area contributed by atoms with Crippen molar-refractivity contribution in [2.45, 2.75) is 49.7 Å². The molecule has 1 N–H and O–H groups in total. The molecule has 0 spiro atoms. The van der Waals surface area contributed by atoms with Crippen LogP contribution >= 0.6 is 0 Å². The molecule has 1 aromatic rings. The highest BCUT2D eigenvalue weighted by Gasteiger charge is 2.61. The number of ether oxygens (including phenoxy) is 1. The lowest BCUT2D eigenvalue weighted by Crippen LogP contribution is -2.65. The summed E-state index contributed by atoms with van der Waals surface area (Å²) in [6, 6.07) is 6.90. The summed E-state index contributed by atoms with van der Waals surface area (Å²) >= 11 is 0. The van der Waals surface area contributed by atoms with Gasteiger partial charge in [0.1, 0.15) is 5.92 Å². The number of hydrogen-bond donors (Lipinski definition) is 1. The van der Waals surface area contributed by atoms with Crippen LogP contribution in [0, 0.1) is 5.92 Å². The highest BCUT2D eigenvalue weighted by molar-refractivity contribution is 6.02. The molecule has 0 unspecified atom stereocenters.